The van der Waals surface area contributed by atoms with E-state index >= 15 is 0 Å². The average molecular weight is 232 g/mol. The molecule has 1 N–H and O–H groups in total. The molecular formula is C13H12O4. The maximum absolute atomic E-state index is 11.7. The fourth-order valence-electron chi connectivity index (χ4n) is 1.74. The number of Topliss-reactive ketones (excluding diaryl/α,β-unsaturated/α-hetero) is 1. The first-order chi connectivity index (χ1) is 8.11. The van der Waals surface area contributed by atoms with Crippen LogP contribution in [-0.4, -0.2) is 29.9 Å². The highest BCUT2D eigenvalue weighted by Crippen LogP contribution is 2.25. The first-order valence-corrected chi connectivity index (χ1v) is 5.23. The van der Waals surface area contributed by atoms with Crippen LogP contribution in [0.2, 0.25) is 0 Å². The van der Waals surface area contributed by atoms with Crippen LogP contribution < -0.4 is 4.74 Å². The summed E-state index contributed by atoms with van der Waals surface area (Å²) in [6.07, 6.45) is -0.149. The minimum atomic E-state index is -1.20. The zero-order chi connectivity index (χ0) is 12.4. The van der Waals surface area contributed by atoms with E-state index in [-0.39, 0.29) is 12.2 Å². The molecule has 0 aliphatic heterocycles. The second kappa shape index (κ2) is 4.51. The monoisotopic (exact) mass is 232 g/mol. The number of aliphatic hydroxyl groups excluding tert-OH is 1. The Morgan fingerprint density at radius 3 is 2.82 bits per heavy atom. The van der Waals surface area contributed by atoms with E-state index in [2.05, 4.69) is 0 Å². The average Bonchev–Trinajstić information content (AvgIpc) is 2.34. The van der Waals surface area contributed by atoms with Crippen molar-refractivity contribution in [3.63, 3.8) is 0 Å². The number of ketones is 2. The first kappa shape index (κ1) is 11.5. The van der Waals surface area contributed by atoms with Gasteiger partial charge in [0.15, 0.2) is 11.6 Å². The summed E-state index contributed by atoms with van der Waals surface area (Å²) < 4.78 is 5.06. The molecule has 4 nitrogen and oxygen atoms in total. The molecule has 0 saturated carbocycles. The van der Waals surface area contributed by atoms with Gasteiger partial charge in [-0.25, -0.2) is 0 Å². The molecule has 0 bridgehead atoms. The van der Waals surface area contributed by atoms with Crippen molar-refractivity contribution in [1.29, 1.82) is 0 Å². The zero-order valence-electron chi connectivity index (χ0n) is 9.34. The number of carbonyl (C=O) groups excluding carboxylic acids is 2. The van der Waals surface area contributed by atoms with Crippen molar-refractivity contribution in [2.45, 2.75) is 12.5 Å². The van der Waals surface area contributed by atoms with E-state index in [1.54, 1.807) is 24.3 Å². The normalized spacial score (nSPS) is 20.1. The van der Waals surface area contributed by atoms with Gasteiger partial charge in [-0.3, -0.25) is 9.59 Å². The van der Waals surface area contributed by atoms with Crippen molar-refractivity contribution in [3.05, 3.63) is 35.9 Å². The van der Waals surface area contributed by atoms with Crippen LogP contribution in [0, 0.1) is 0 Å². The number of methoxy groups -OCH3 is 1. The Morgan fingerprint density at radius 1 is 1.35 bits per heavy atom. The van der Waals surface area contributed by atoms with Crippen LogP contribution in [0.3, 0.4) is 0 Å². The highest BCUT2D eigenvalue weighted by Gasteiger charge is 2.27. The summed E-state index contributed by atoms with van der Waals surface area (Å²) in [6, 6.07) is 6.93. The molecule has 1 aliphatic rings. The minimum absolute atomic E-state index is 0.151. The van der Waals surface area contributed by atoms with E-state index in [0.717, 1.165) is 0 Å². The molecule has 0 saturated heterocycles. The quantitative estimate of drug-likeness (QED) is 0.825. The van der Waals surface area contributed by atoms with Crippen LogP contribution in [0.5, 0.6) is 5.75 Å². The molecule has 0 amide bonds. The van der Waals surface area contributed by atoms with Gasteiger partial charge in [-0.1, -0.05) is 12.1 Å². The Bertz CT molecular complexity index is 502. The van der Waals surface area contributed by atoms with E-state index in [0.29, 0.717) is 16.9 Å². The van der Waals surface area contributed by atoms with Crippen LogP contribution in [-0.2, 0) is 9.59 Å². The maximum atomic E-state index is 11.7. The molecule has 0 unspecified atom stereocenters. The molecule has 4 heteroatoms. The van der Waals surface area contributed by atoms with Gasteiger partial charge in [0.25, 0.3) is 0 Å². The number of aliphatic hydroxyl groups is 1. The largest absolute Gasteiger partial charge is 0.497 e. The zero-order valence-corrected chi connectivity index (χ0v) is 9.34. The summed E-state index contributed by atoms with van der Waals surface area (Å²) >= 11 is 0. The minimum Gasteiger partial charge on any atom is -0.497 e. The van der Waals surface area contributed by atoms with Gasteiger partial charge in [0.2, 0.25) is 0 Å². The summed E-state index contributed by atoms with van der Waals surface area (Å²) in [6.45, 7) is 0. The summed E-state index contributed by atoms with van der Waals surface area (Å²) in [7, 11) is 1.53. The van der Waals surface area contributed by atoms with Crippen molar-refractivity contribution in [2.24, 2.45) is 0 Å². The summed E-state index contributed by atoms with van der Waals surface area (Å²) in [5.74, 6) is -0.0393. The second-order valence-electron chi connectivity index (χ2n) is 3.84. The van der Waals surface area contributed by atoms with Crippen LogP contribution in [0.15, 0.2) is 30.3 Å². The molecule has 0 aromatic heterocycles. The van der Waals surface area contributed by atoms with Crippen molar-refractivity contribution in [2.75, 3.05) is 7.11 Å². The number of benzene rings is 1. The molecule has 1 atom stereocenters. The lowest BCUT2D eigenvalue weighted by atomic mass is 9.90. The lowest BCUT2D eigenvalue weighted by molar-refractivity contribution is -0.128. The Labute approximate surface area is 98.5 Å². The Morgan fingerprint density at radius 2 is 2.12 bits per heavy atom. The van der Waals surface area contributed by atoms with Gasteiger partial charge in [-0.05, 0) is 23.8 Å². The van der Waals surface area contributed by atoms with Crippen molar-refractivity contribution >= 4 is 17.1 Å². The van der Waals surface area contributed by atoms with E-state index in [1.807, 2.05) is 0 Å². The van der Waals surface area contributed by atoms with Crippen LogP contribution in [0.1, 0.15) is 12.0 Å². The van der Waals surface area contributed by atoms with Gasteiger partial charge in [-0.2, -0.15) is 0 Å². The van der Waals surface area contributed by atoms with E-state index in [9.17, 15) is 14.7 Å². The molecular weight excluding hydrogens is 220 g/mol. The molecule has 1 aromatic carbocycles. The van der Waals surface area contributed by atoms with Crippen LogP contribution in [0.25, 0.3) is 5.57 Å². The molecule has 17 heavy (non-hydrogen) atoms. The van der Waals surface area contributed by atoms with Gasteiger partial charge < -0.3 is 9.84 Å². The number of hydrogen-bond donors (Lipinski definition) is 1. The predicted octanol–water partition coefficient (Wildman–Crippen LogP) is 0.981. The van der Waals surface area contributed by atoms with E-state index < -0.39 is 11.9 Å². The molecule has 1 aromatic rings. The fraction of sp³-hybridized carbons (Fsp3) is 0.231. The number of hydrogen-bond acceptors (Lipinski definition) is 4. The summed E-state index contributed by atoms with van der Waals surface area (Å²) in [5.41, 5.74) is 0.966. The van der Waals surface area contributed by atoms with Gasteiger partial charge in [-0.15, -0.1) is 0 Å². The summed E-state index contributed by atoms with van der Waals surface area (Å²) in [5, 5.41) is 9.27. The Balaban J connectivity index is 2.42. The smallest absolute Gasteiger partial charge is 0.185 e. The van der Waals surface area contributed by atoms with E-state index in [1.165, 1.54) is 13.2 Å². The molecule has 0 radical (unpaired) electrons. The fourth-order valence-corrected chi connectivity index (χ4v) is 1.74. The summed E-state index contributed by atoms with van der Waals surface area (Å²) in [4.78, 5) is 23.1. The topological polar surface area (TPSA) is 63.6 Å². The predicted molar refractivity (Wildman–Crippen MR) is 61.6 cm³/mol. The number of ether oxygens (including phenoxy) is 1. The maximum Gasteiger partial charge on any atom is 0.185 e. The van der Waals surface area contributed by atoms with Gasteiger partial charge in [0, 0.05) is 12.0 Å². The molecule has 2 rings (SSSR count). The number of allylic oxidation sites excluding steroid dienone is 1. The SMILES string of the molecule is COc1cccc(C2=CC(=O)[C@H](O)CC2=O)c1. The second-order valence-corrected chi connectivity index (χ2v) is 3.84. The van der Waals surface area contributed by atoms with Crippen LogP contribution in [0.4, 0.5) is 0 Å². The molecule has 0 fully saturated rings. The van der Waals surface area contributed by atoms with Crippen molar-refractivity contribution < 1.29 is 19.4 Å². The lowest BCUT2D eigenvalue weighted by Crippen LogP contribution is -2.27. The third kappa shape index (κ3) is 2.26. The number of rotatable bonds is 2. The van der Waals surface area contributed by atoms with Gasteiger partial charge >= 0.3 is 0 Å². The van der Waals surface area contributed by atoms with Crippen molar-refractivity contribution in [3.8, 4) is 5.75 Å². The molecule has 0 spiro atoms. The molecule has 88 valence electrons. The standard InChI is InChI=1S/C13H12O4/c1-17-9-4-2-3-8(5-9)10-6-12(15)13(16)7-11(10)14/h2-6,13,16H,7H2,1H3/t13-/m1/s1. The third-order valence-corrected chi connectivity index (χ3v) is 2.67. The lowest BCUT2D eigenvalue weighted by Gasteiger charge is -2.15. The van der Waals surface area contributed by atoms with E-state index in [4.69, 9.17) is 4.74 Å². The first-order valence-electron chi connectivity index (χ1n) is 5.23. The molecule has 0 heterocycles. The van der Waals surface area contributed by atoms with Gasteiger partial charge in [0.05, 0.1) is 7.11 Å². The number of carbonyl (C=O) groups is 2. The van der Waals surface area contributed by atoms with Gasteiger partial charge in [0.1, 0.15) is 11.9 Å². The molecule has 1 aliphatic carbocycles. The third-order valence-electron chi connectivity index (χ3n) is 2.67. The highest BCUT2D eigenvalue weighted by atomic mass is 16.5. The van der Waals surface area contributed by atoms with Crippen molar-refractivity contribution in [1.82, 2.24) is 0 Å². The Hall–Kier alpha value is -1.94. The Kier molecular flexibility index (Phi) is 3.06. The highest BCUT2D eigenvalue weighted by molar-refractivity contribution is 6.28. The van der Waals surface area contributed by atoms with Crippen LogP contribution >= 0.6 is 0 Å².